The number of hydrogen-bond donors (Lipinski definition) is 0. The zero-order chi connectivity index (χ0) is 20.1. The van der Waals surface area contributed by atoms with Gasteiger partial charge in [0, 0.05) is 11.0 Å². The highest BCUT2D eigenvalue weighted by Gasteiger charge is 2.63. The third-order valence-electron chi connectivity index (χ3n) is 8.09. The summed E-state index contributed by atoms with van der Waals surface area (Å²) >= 11 is 0. The average molecular weight is 389 g/mol. The molecule has 4 saturated carbocycles. The molecule has 30 heavy (non-hydrogen) atoms. The zero-order valence-corrected chi connectivity index (χ0v) is 17.5. The molecule has 0 nitrogen and oxygen atoms in total. The third kappa shape index (κ3) is 2.84. The van der Waals surface area contributed by atoms with Crippen LogP contribution >= 0.6 is 0 Å². The molecule has 0 N–H and O–H groups in total. The molecule has 0 amide bonds. The predicted octanol–water partition coefficient (Wildman–Crippen LogP) is 6.90. The van der Waals surface area contributed by atoms with Gasteiger partial charge in [-0.3, -0.25) is 0 Å². The first-order valence-electron chi connectivity index (χ1n) is 11.4. The van der Waals surface area contributed by atoms with E-state index in [9.17, 15) is 0 Å². The van der Waals surface area contributed by atoms with Crippen molar-refractivity contribution >= 4 is 0 Å². The topological polar surface area (TPSA) is 0 Å². The monoisotopic (exact) mass is 388 g/mol. The largest absolute Gasteiger partial charge is 0.0910 e. The Morgan fingerprint density at radius 1 is 0.567 bits per heavy atom. The molecule has 0 radical (unpaired) electrons. The van der Waals surface area contributed by atoms with Crippen LogP contribution in [0.3, 0.4) is 0 Å². The van der Waals surface area contributed by atoms with Gasteiger partial charge in [0.1, 0.15) is 0 Å². The van der Waals surface area contributed by atoms with E-state index >= 15 is 0 Å². The molecule has 4 aliphatic rings. The van der Waals surface area contributed by atoms with Gasteiger partial charge in [0.15, 0.2) is 0 Å². The summed E-state index contributed by atoms with van der Waals surface area (Å²) in [5.41, 5.74) is 4.89. The van der Waals surface area contributed by atoms with E-state index in [-0.39, 0.29) is 16.2 Å². The van der Waals surface area contributed by atoms with E-state index in [1.54, 1.807) is 11.1 Å². The molecular weight excluding hydrogens is 360 g/mol. The maximum absolute atomic E-state index is 3.88. The Bertz CT molecular complexity index is 1040. The van der Waals surface area contributed by atoms with Crippen molar-refractivity contribution in [3.63, 3.8) is 0 Å². The van der Waals surface area contributed by atoms with Crippen LogP contribution in [0.1, 0.15) is 55.2 Å². The standard InChI is InChI=1S/C30H28/c1-4-10-24(11-5-1)16-17-28-18-25-19-29(21-28,26-12-6-2-7-13-26)23-30(20-25,22-28)27-14-8-3-9-15-27/h1-15,25H,18-23H2. The lowest BCUT2D eigenvalue weighted by Crippen LogP contribution is -2.60. The van der Waals surface area contributed by atoms with Crippen molar-refractivity contribution in [3.05, 3.63) is 108 Å². The Morgan fingerprint density at radius 3 is 1.60 bits per heavy atom. The van der Waals surface area contributed by atoms with Crippen molar-refractivity contribution in [2.24, 2.45) is 11.3 Å². The molecule has 0 heteroatoms. The molecule has 4 fully saturated rings. The fraction of sp³-hybridized carbons (Fsp3) is 0.333. The van der Waals surface area contributed by atoms with Crippen LogP contribution in [0.15, 0.2) is 91.0 Å². The molecule has 3 aromatic rings. The first-order chi connectivity index (χ1) is 14.7. The fourth-order valence-corrected chi connectivity index (χ4v) is 7.53. The van der Waals surface area contributed by atoms with E-state index in [0.717, 1.165) is 11.5 Å². The highest BCUT2D eigenvalue weighted by Crippen LogP contribution is 2.70. The van der Waals surface area contributed by atoms with Gasteiger partial charge in [-0.1, -0.05) is 90.7 Å². The zero-order valence-electron chi connectivity index (χ0n) is 17.5. The third-order valence-corrected chi connectivity index (χ3v) is 8.09. The van der Waals surface area contributed by atoms with Gasteiger partial charge in [-0.15, -0.1) is 0 Å². The molecule has 3 aromatic carbocycles. The molecule has 0 aromatic heterocycles. The SMILES string of the molecule is C(#CC12CC3CC(c4ccccc4)(C1)CC(c1ccccc1)(C3)C2)c1ccccc1. The normalized spacial score (nSPS) is 33.7. The van der Waals surface area contributed by atoms with Crippen molar-refractivity contribution < 1.29 is 0 Å². The van der Waals surface area contributed by atoms with E-state index in [0.29, 0.717) is 0 Å². The minimum atomic E-state index is 0.126. The van der Waals surface area contributed by atoms with Gasteiger partial charge in [0.05, 0.1) is 0 Å². The molecule has 0 aliphatic heterocycles. The summed E-state index contributed by atoms with van der Waals surface area (Å²) in [4.78, 5) is 0. The Kier molecular flexibility index (Phi) is 3.97. The summed E-state index contributed by atoms with van der Waals surface area (Å²) in [6, 6.07) is 33.3. The van der Waals surface area contributed by atoms with Crippen molar-refractivity contribution in [2.45, 2.75) is 49.4 Å². The van der Waals surface area contributed by atoms with Crippen LogP contribution in [0.5, 0.6) is 0 Å². The van der Waals surface area contributed by atoms with Crippen molar-refractivity contribution in [1.82, 2.24) is 0 Å². The van der Waals surface area contributed by atoms with Gasteiger partial charge in [0.25, 0.3) is 0 Å². The molecule has 7 rings (SSSR count). The van der Waals surface area contributed by atoms with Crippen LogP contribution in [0.4, 0.5) is 0 Å². The van der Waals surface area contributed by atoms with Crippen LogP contribution in [0.25, 0.3) is 0 Å². The number of hydrogen-bond acceptors (Lipinski definition) is 0. The summed E-state index contributed by atoms with van der Waals surface area (Å²) in [6.45, 7) is 0. The van der Waals surface area contributed by atoms with Gasteiger partial charge >= 0.3 is 0 Å². The van der Waals surface area contributed by atoms with E-state index in [4.69, 9.17) is 0 Å². The Balaban J connectivity index is 1.50. The summed E-state index contributed by atoms with van der Waals surface area (Å²) < 4.78 is 0. The van der Waals surface area contributed by atoms with E-state index in [1.807, 2.05) is 0 Å². The van der Waals surface area contributed by atoms with Crippen LogP contribution in [-0.2, 0) is 10.8 Å². The first kappa shape index (κ1) is 18.0. The maximum atomic E-state index is 3.88. The molecule has 148 valence electrons. The summed E-state index contributed by atoms with van der Waals surface area (Å²) in [6.07, 6.45) is 7.65. The molecular formula is C30H28. The average Bonchev–Trinajstić information content (AvgIpc) is 2.79. The van der Waals surface area contributed by atoms with Crippen LogP contribution in [0.2, 0.25) is 0 Å². The van der Waals surface area contributed by atoms with Crippen LogP contribution in [0, 0.1) is 23.2 Å². The summed E-state index contributed by atoms with van der Waals surface area (Å²) in [5.74, 6) is 8.24. The number of benzene rings is 3. The second-order valence-corrected chi connectivity index (χ2v) is 10.2. The molecule has 4 bridgehead atoms. The van der Waals surface area contributed by atoms with E-state index < -0.39 is 0 Å². The van der Waals surface area contributed by atoms with Gasteiger partial charge < -0.3 is 0 Å². The minimum absolute atomic E-state index is 0.126. The van der Waals surface area contributed by atoms with Gasteiger partial charge in [-0.2, -0.15) is 0 Å². The Labute approximate surface area is 180 Å². The van der Waals surface area contributed by atoms with E-state index in [1.165, 1.54) is 38.5 Å². The van der Waals surface area contributed by atoms with Crippen molar-refractivity contribution in [1.29, 1.82) is 0 Å². The highest BCUT2D eigenvalue weighted by atomic mass is 14.7. The fourth-order valence-electron chi connectivity index (χ4n) is 7.53. The molecule has 2 unspecified atom stereocenters. The van der Waals surface area contributed by atoms with Gasteiger partial charge in [0.2, 0.25) is 0 Å². The lowest BCUT2D eigenvalue weighted by atomic mass is 9.37. The lowest BCUT2D eigenvalue weighted by molar-refractivity contribution is -0.0609. The summed E-state index contributed by atoms with van der Waals surface area (Å²) in [5, 5.41) is 0. The highest BCUT2D eigenvalue weighted by molar-refractivity contribution is 5.43. The quantitative estimate of drug-likeness (QED) is 0.419. The predicted molar refractivity (Wildman–Crippen MR) is 123 cm³/mol. The molecule has 0 heterocycles. The number of rotatable bonds is 2. The van der Waals surface area contributed by atoms with E-state index in [2.05, 4.69) is 103 Å². The first-order valence-corrected chi connectivity index (χ1v) is 11.4. The second-order valence-electron chi connectivity index (χ2n) is 10.2. The smallest absolute Gasteiger partial charge is 0.0338 e. The minimum Gasteiger partial charge on any atom is -0.0910 e. The van der Waals surface area contributed by atoms with Crippen molar-refractivity contribution in [3.8, 4) is 11.8 Å². The maximum Gasteiger partial charge on any atom is 0.0338 e. The Hall–Kier alpha value is -2.78. The Morgan fingerprint density at radius 2 is 1.07 bits per heavy atom. The van der Waals surface area contributed by atoms with Crippen molar-refractivity contribution in [2.75, 3.05) is 0 Å². The van der Waals surface area contributed by atoms with Gasteiger partial charge in [-0.05, 0) is 78.5 Å². The molecule has 4 aliphatic carbocycles. The molecule has 2 atom stereocenters. The lowest BCUT2D eigenvalue weighted by Gasteiger charge is -2.66. The van der Waals surface area contributed by atoms with Crippen LogP contribution < -0.4 is 0 Å². The summed E-state index contributed by atoms with van der Waals surface area (Å²) in [7, 11) is 0. The van der Waals surface area contributed by atoms with Crippen LogP contribution in [-0.4, -0.2) is 0 Å². The molecule has 0 spiro atoms. The molecule has 0 saturated heterocycles. The van der Waals surface area contributed by atoms with Gasteiger partial charge in [-0.25, -0.2) is 0 Å². The second kappa shape index (κ2) is 6.61.